The summed E-state index contributed by atoms with van der Waals surface area (Å²) in [6, 6.07) is 9.10. The highest BCUT2D eigenvalue weighted by atomic mass is 79.9. The molecule has 0 aliphatic carbocycles. The molecule has 1 aromatic heterocycles. The number of fused-ring (bicyclic) bond motifs is 1. The van der Waals surface area contributed by atoms with Crippen LogP contribution in [0, 0.1) is 0 Å². The first kappa shape index (κ1) is 22.0. The second-order valence-electron chi connectivity index (χ2n) is 6.67. The number of aromatic nitrogens is 2. The third-order valence-electron chi connectivity index (χ3n) is 4.15. The summed E-state index contributed by atoms with van der Waals surface area (Å²) in [5, 5.41) is 7.00. The van der Waals surface area contributed by atoms with E-state index in [1.54, 1.807) is 25.3 Å². The smallest absolute Gasteiger partial charge is 0.248 e. The Balaban J connectivity index is 1.96. The average molecular weight is 491 g/mol. The van der Waals surface area contributed by atoms with Gasteiger partial charge in [-0.15, -0.1) is 0 Å². The normalized spacial score (nSPS) is 11.3. The molecule has 0 aliphatic heterocycles. The molecule has 156 valence electrons. The van der Waals surface area contributed by atoms with Crippen molar-refractivity contribution in [3.8, 4) is 5.75 Å². The van der Waals surface area contributed by atoms with Crippen molar-refractivity contribution in [3.63, 3.8) is 0 Å². The van der Waals surface area contributed by atoms with Crippen molar-refractivity contribution < 1.29 is 9.53 Å². The number of carbonyl (C=O) groups excluding carboxylic acids is 1. The molecular formula is C21H21BrClN5O2. The standard InChI is InChI=1S/C21H21BrClN5O2/c1-28(2)10-4-5-18(29)26-15-8-7-14-19(20(15)23)21(25-12-24-14)27-16-11-13(22)6-9-17(16)30-3/h4-9,11-12H,10H2,1-3H3,(H,26,29)(H,24,25,27)/b5-4+. The maximum absolute atomic E-state index is 12.2. The molecule has 0 saturated heterocycles. The Kier molecular flexibility index (Phi) is 7.25. The first-order valence-electron chi connectivity index (χ1n) is 9.05. The fourth-order valence-corrected chi connectivity index (χ4v) is 3.41. The molecule has 2 aromatic carbocycles. The third kappa shape index (κ3) is 5.27. The van der Waals surface area contributed by atoms with Gasteiger partial charge >= 0.3 is 0 Å². The quantitative estimate of drug-likeness (QED) is 0.461. The van der Waals surface area contributed by atoms with E-state index < -0.39 is 0 Å². The molecule has 0 radical (unpaired) electrons. The third-order valence-corrected chi connectivity index (χ3v) is 5.04. The molecule has 0 spiro atoms. The van der Waals surface area contributed by atoms with Crippen LogP contribution in [0.2, 0.25) is 5.02 Å². The van der Waals surface area contributed by atoms with E-state index >= 15 is 0 Å². The summed E-state index contributed by atoms with van der Waals surface area (Å²) in [6.45, 7) is 0.662. The number of methoxy groups -OCH3 is 1. The van der Waals surface area contributed by atoms with E-state index in [-0.39, 0.29) is 5.91 Å². The Hall–Kier alpha value is -2.68. The highest BCUT2D eigenvalue weighted by Gasteiger charge is 2.15. The molecule has 0 saturated carbocycles. The number of hydrogen-bond acceptors (Lipinski definition) is 6. The summed E-state index contributed by atoms with van der Waals surface area (Å²) in [6.07, 6.45) is 4.71. The molecule has 30 heavy (non-hydrogen) atoms. The maximum atomic E-state index is 12.2. The van der Waals surface area contributed by atoms with Crippen molar-refractivity contribution >= 4 is 61.5 Å². The van der Waals surface area contributed by atoms with Crippen LogP contribution in [0.25, 0.3) is 10.9 Å². The molecule has 0 aliphatic rings. The molecule has 0 fully saturated rings. The van der Waals surface area contributed by atoms with Crippen LogP contribution in [0.4, 0.5) is 17.2 Å². The summed E-state index contributed by atoms with van der Waals surface area (Å²) in [7, 11) is 5.45. The van der Waals surface area contributed by atoms with Gasteiger partial charge in [0.2, 0.25) is 5.91 Å². The van der Waals surface area contributed by atoms with Gasteiger partial charge in [0, 0.05) is 17.1 Å². The lowest BCUT2D eigenvalue weighted by atomic mass is 10.2. The minimum Gasteiger partial charge on any atom is -0.495 e. The topological polar surface area (TPSA) is 79.4 Å². The molecule has 7 nitrogen and oxygen atoms in total. The fourth-order valence-electron chi connectivity index (χ4n) is 2.75. The van der Waals surface area contributed by atoms with Gasteiger partial charge in [-0.25, -0.2) is 9.97 Å². The van der Waals surface area contributed by atoms with Crippen molar-refractivity contribution in [3.05, 3.63) is 58.3 Å². The van der Waals surface area contributed by atoms with Crippen LogP contribution in [0.15, 0.2) is 53.3 Å². The number of nitrogens with one attached hydrogen (secondary N) is 2. The lowest BCUT2D eigenvalue weighted by Gasteiger charge is -2.14. The molecule has 0 atom stereocenters. The number of likely N-dealkylation sites (N-methyl/N-ethyl adjacent to an activating group) is 1. The van der Waals surface area contributed by atoms with Crippen molar-refractivity contribution in [1.29, 1.82) is 0 Å². The summed E-state index contributed by atoms with van der Waals surface area (Å²) in [5.41, 5.74) is 1.83. The van der Waals surface area contributed by atoms with Crippen LogP contribution >= 0.6 is 27.5 Å². The van der Waals surface area contributed by atoms with Crippen molar-refractivity contribution in [2.45, 2.75) is 0 Å². The van der Waals surface area contributed by atoms with Gasteiger partial charge in [0.25, 0.3) is 0 Å². The van der Waals surface area contributed by atoms with Crippen LogP contribution in [0.1, 0.15) is 0 Å². The molecule has 3 rings (SSSR count). The summed E-state index contributed by atoms with van der Waals surface area (Å²) < 4.78 is 6.30. The lowest BCUT2D eigenvalue weighted by Crippen LogP contribution is -2.13. The summed E-state index contributed by atoms with van der Waals surface area (Å²) in [4.78, 5) is 22.8. The van der Waals surface area contributed by atoms with Gasteiger partial charge in [-0.1, -0.05) is 33.6 Å². The van der Waals surface area contributed by atoms with Crippen molar-refractivity contribution in [1.82, 2.24) is 14.9 Å². The molecule has 0 unspecified atom stereocenters. The molecule has 1 amide bonds. The van der Waals surface area contributed by atoms with Crippen LogP contribution in [0.3, 0.4) is 0 Å². The van der Waals surface area contributed by atoms with E-state index in [2.05, 4.69) is 36.5 Å². The zero-order valence-corrected chi connectivity index (χ0v) is 19.1. The number of rotatable bonds is 7. The highest BCUT2D eigenvalue weighted by molar-refractivity contribution is 9.10. The molecule has 9 heteroatoms. The number of halogens is 2. The molecular weight excluding hydrogens is 470 g/mol. The first-order valence-corrected chi connectivity index (χ1v) is 10.2. The van der Waals surface area contributed by atoms with E-state index in [1.807, 2.05) is 37.2 Å². The first-order chi connectivity index (χ1) is 14.4. The minimum atomic E-state index is -0.266. The predicted molar refractivity (Wildman–Crippen MR) is 125 cm³/mol. The van der Waals surface area contributed by atoms with E-state index in [0.717, 1.165) is 4.47 Å². The second-order valence-corrected chi connectivity index (χ2v) is 7.96. The van der Waals surface area contributed by atoms with Crippen molar-refractivity contribution in [2.24, 2.45) is 0 Å². The Bertz CT molecular complexity index is 1100. The van der Waals surface area contributed by atoms with E-state index in [1.165, 1.54) is 12.4 Å². The number of amides is 1. The molecule has 0 bridgehead atoms. The van der Waals surface area contributed by atoms with Crippen molar-refractivity contribution in [2.75, 3.05) is 38.4 Å². The minimum absolute atomic E-state index is 0.266. The number of benzene rings is 2. The number of anilines is 3. The monoisotopic (exact) mass is 489 g/mol. The van der Waals surface area contributed by atoms with Crippen LogP contribution in [-0.4, -0.2) is 48.5 Å². The van der Waals surface area contributed by atoms with E-state index in [4.69, 9.17) is 16.3 Å². The van der Waals surface area contributed by atoms with Gasteiger partial charge in [0.15, 0.2) is 0 Å². The predicted octanol–water partition coefficient (Wildman–Crippen LogP) is 4.85. The van der Waals surface area contributed by atoms with Crippen LogP contribution in [0.5, 0.6) is 5.75 Å². The highest BCUT2D eigenvalue weighted by Crippen LogP contribution is 2.37. The van der Waals surface area contributed by atoms with Gasteiger partial charge in [0.05, 0.1) is 34.4 Å². The Morgan fingerprint density at radius 2 is 2.03 bits per heavy atom. The molecule has 3 aromatic rings. The average Bonchev–Trinajstić information content (AvgIpc) is 2.70. The Morgan fingerprint density at radius 3 is 2.77 bits per heavy atom. The number of hydrogen-bond donors (Lipinski definition) is 2. The molecule has 2 N–H and O–H groups in total. The lowest BCUT2D eigenvalue weighted by molar-refractivity contribution is -0.111. The SMILES string of the molecule is COc1ccc(Br)cc1Nc1ncnc2ccc(NC(=O)/C=C/CN(C)C)c(Cl)c12. The zero-order valence-electron chi connectivity index (χ0n) is 16.7. The van der Waals surface area contributed by atoms with Gasteiger partial charge in [-0.05, 0) is 44.4 Å². The number of ether oxygens (including phenoxy) is 1. The number of nitrogens with zero attached hydrogens (tertiary/aromatic N) is 3. The van der Waals surface area contributed by atoms with Gasteiger partial charge < -0.3 is 20.3 Å². The van der Waals surface area contributed by atoms with Gasteiger partial charge in [-0.2, -0.15) is 0 Å². The Morgan fingerprint density at radius 1 is 1.23 bits per heavy atom. The van der Waals surface area contributed by atoms with Crippen LogP contribution in [-0.2, 0) is 4.79 Å². The summed E-state index contributed by atoms with van der Waals surface area (Å²) in [5.74, 6) is 0.885. The fraction of sp³-hybridized carbons (Fsp3) is 0.190. The van der Waals surface area contributed by atoms with E-state index in [9.17, 15) is 4.79 Å². The summed E-state index contributed by atoms with van der Waals surface area (Å²) >= 11 is 10.1. The largest absolute Gasteiger partial charge is 0.495 e. The van der Waals surface area contributed by atoms with Crippen LogP contribution < -0.4 is 15.4 Å². The van der Waals surface area contributed by atoms with Gasteiger partial charge in [0.1, 0.15) is 17.9 Å². The zero-order chi connectivity index (χ0) is 21.7. The van der Waals surface area contributed by atoms with E-state index in [0.29, 0.717) is 45.4 Å². The number of carbonyl (C=O) groups is 1. The Labute approximate surface area is 188 Å². The second kappa shape index (κ2) is 9.88. The maximum Gasteiger partial charge on any atom is 0.248 e. The molecule has 1 heterocycles. The van der Waals surface area contributed by atoms with Gasteiger partial charge in [-0.3, -0.25) is 4.79 Å².